The first-order valence-electron chi connectivity index (χ1n) is 7.05. The molecule has 0 fully saturated rings. The lowest BCUT2D eigenvalue weighted by molar-refractivity contribution is 0.0636. The Kier molecular flexibility index (Phi) is 5.65. The minimum atomic E-state index is -0.549. The van der Waals surface area contributed by atoms with Crippen LogP contribution >= 0.6 is 11.6 Å². The second-order valence-electron chi connectivity index (χ2n) is 6.74. The Morgan fingerprint density at radius 2 is 1.90 bits per heavy atom. The van der Waals surface area contributed by atoms with Crippen molar-refractivity contribution in [3.05, 3.63) is 28.8 Å². The van der Waals surface area contributed by atoms with E-state index in [-0.39, 0.29) is 5.41 Å². The van der Waals surface area contributed by atoms with Gasteiger partial charge in [0, 0.05) is 0 Å². The average Bonchev–Trinajstić information content (AvgIpc) is 2.29. The van der Waals surface area contributed by atoms with Gasteiger partial charge in [-0.15, -0.1) is 0 Å². The first-order chi connectivity index (χ1) is 9.55. The normalized spacial score (nSPS) is 12.1. The van der Waals surface area contributed by atoms with E-state index in [0.717, 1.165) is 12.0 Å². The third kappa shape index (κ3) is 5.56. The van der Waals surface area contributed by atoms with Crippen molar-refractivity contribution in [3.63, 3.8) is 0 Å². The van der Waals surface area contributed by atoms with E-state index in [9.17, 15) is 4.79 Å². The van der Waals surface area contributed by atoms with Gasteiger partial charge in [0.25, 0.3) is 0 Å². The Balaban J connectivity index is 2.95. The highest BCUT2D eigenvalue weighted by atomic mass is 35.5. The maximum absolute atomic E-state index is 11.9. The number of nitrogens with one attached hydrogen (secondary N) is 1. The summed E-state index contributed by atoms with van der Waals surface area (Å²) in [6.07, 6.45) is 0.332. The Hall–Kier alpha value is -1.26. The van der Waals surface area contributed by atoms with Gasteiger partial charge in [0.05, 0.1) is 10.7 Å². The van der Waals surface area contributed by atoms with Gasteiger partial charge in [-0.3, -0.25) is 5.32 Å². The molecule has 1 amide bonds. The van der Waals surface area contributed by atoms with Crippen LogP contribution in [0.3, 0.4) is 0 Å². The fraction of sp³-hybridized carbons (Fsp3) is 0.562. The molecule has 0 radical (unpaired) electrons. The number of anilines is 1. The predicted octanol–water partition coefficient (Wildman–Crippen LogP) is 4.31. The van der Waals surface area contributed by atoms with Gasteiger partial charge in [0.2, 0.25) is 0 Å². The second kappa shape index (κ2) is 6.67. The summed E-state index contributed by atoms with van der Waals surface area (Å²) < 4.78 is 5.24. The molecule has 3 N–H and O–H groups in total. The molecular formula is C16H25ClN2O2. The zero-order chi connectivity index (χ0) is 16.3. The van der Waals surface area contributed by atoms with Crippen molar-refractivity contribution in [1.82, 2.24) is 0 Å². The van der Waals surface area contributed by atoms with Crippen LogP contribution in [-0.4, -0.2) is 18.2 Å². The lowest BCUT2D eigenvalue weighted by Gasteiger charge is -2.26. The molecule has 0 heterocycles. The molecule has 118 valence electrons. The van der Waals surface area contributed by atoms with Crippen molar-refractivity contribution in [2.45, 2.75) is 52.1 Å². The van der Waals surface area contributed by atoms with Gasteiger partial charge in [-0.2, -0.15) is 0 Å². The Labute approximate surface area is 132 Å². The minimum absolute atomic E-state index is 0.0797. The molecule has 1 aromatic rings. The summed E-state index contributed by atoms with van der Waals surface area (Å²) in [7, 11) is 0. The highest BCUT2D eigenvalue weighted by Crippen LogP contribution is 2.32. The van der Waals surface area contributed by atoms with E-state index in [1.165, 1.54) is 0 Å². The highest BCUT2D eigenvalue weighted by molar-refractivity contribution is 6.33. The molecule has 0 atom stereocenters. The van der Waals surface area contributed by atoms with Crippen LogP contribution in [0.4, 0.5) is 10.5 Å². The van der Waals surface area contributed by atoms with Crippen LogP contribution in [0, 0.1) is 0 Å². The quantitative estimate of drug-likeness (QED) is 0.870. The van der Waals surface area contributed by atoms with E-state index in [1.54, 1.807) is 6.07 Å². The van der Waals surface area contributed by atoms with Crippen molar-refractivity contribution < 1.29 is 9.53 Å². The predicted molar refractivity (Wildman–Crippen MR) is 88.0 cm³/mol. The minimum Gasteiger partial charge on any atom is -0.444 e. The van der Waals surface area contributed by atoms with Crippen LogP contribution in [0.15, 0.2) is 18.2 Å². The fourth-order valence-electron chi connectivity index (χ4n) is 1.96. The summed E-state index contributed by atoms with van der Waals surface area (Å²) in [4.78, 5) is 11.9. The smallest absolute Gasteiger partial charge is 0.412 e. The van der Waals surface area contributed by atoms with Crippen LogP contribution in [0.25, 0.3) is 0 Å². The summed E-state index contributed by atoms with van der Waals surface area (Å²) >= 11 is 6.14. The van der Waals surface area contributed by atoms with Crippen LogP contribution in [-0.2, 0) is 10.2 Å². The molecule has 4 nitrogen and oxygen atoms in total. The van der Waals surface area contributed by atoms with E-state index >= 15 is 0 Å². The molecule has 0 saturated heterocycles. The number of nitrogens with two attached hydrogens (primary N) is 1. The van der Waals surface area contributed by atoms with Crippen molar-refractivity contribution in [3.8, 4) is 0 Å². The molecule has 0 spiro atoms. The molecule has 0 aromatic heterocycles. The van der Waals surface area contributed by atoms with E-state index in [2.05, 4.69) is 19.2 Å². The largest absolute Gasteiger partial charge is 0.444 e. The van der Waals surface area contributed by atoms with E-state index in [1.807, 2.05) is 32.9 Å². The van der Waals surface area contributed by atoms with Crippen molar-refractivity contribution in [2.75, 3.05) is 11.9 Å². The van der Waals surface area contributed by atoms with Gasteiger partial charge < -0.3 is 10.5 Å². The number of carbonyl (C=O) groups excluding carboxylic acids is 1. The van der Waals surface area contributed by atoms with Gasteiger partial charge in [-0.25, -0.2) is 4.79 Å². The van der Waals surface area contributed by atoms with Gasteiger partial charge in [0.15, 0.2) is 0 Å². The number of halogens is 1. The second-order valence-corrected chi connectivity index (χ2v) is 7.15. The third-order valence-corrected chi connectivity index (χ3v) is 3.48. The highest BCUT2D eigenvalue weighted by Gasteiger charge is 2.22. The SMILES string of the molecule is CC(C)(C)OC(=O)Nc1cc(C(C)(C)CCN)ccc1Cl. The first-order valence-corrected chi connectivity index (χ1v) is 7.43. The number of carbonyl (C=O) groups is 1. The standard InChI is InChI=1S/C16H25ClN2O2/c1-15(2,3)21-14(20)19-13-10-11(6-7-12(13)17)16(4,5)8-9-18/h6-7,10H,8-9,18H2,1-5H3,(H,19,20). The summed E-state index contributed by atoms with van der Waals surface area (Å²) in [5, 5.41) is 3.18. The number of amides is 1. The Morgan fingerprint density at radius 3 is 2.43 bits per heavy atom. The summed E-state index contributed by atoms with van der Waals surface area (Å²) in [5.41, 5.74) is 6.65. The maximum atomic E-state index is 11.9. The van der Waals surface area contributed by atoms with Crippen LogP contribution in [0.2, 0.25) is 5.02 Å². The number of benzene rings is 1. The molecule has 0 bridgehead atoms. The Bertz CT molecular complexity index is 507. The monoisotopic (exact) mass is 312 g/mol. The third-order valence-electron chi connectivity index (χ3n) is 3.15. The molecule has 5 heteroatoms. The van der Waals surface area contributed by atoms with Gasteiger partial charge >= 0.3 is 6.09 Å². The van der Waals surface area contributed by atoms with Gasteiger partial charge in [0.1, 0.15) is 5.60 Å². The van der Waals surface area contributed by atoms with Crippen molar-refractivity contribution in [1.29, 1.82) is 0 Å². The van der Waals surface area contributed by atoms with E-state index in [0.29, 0.717) is 17.3 Å². The van der Waals surface area contributed by atoms with Crippen LogP contribution in [0.1, 0.15) is 46.6 Å². The number of rotatable bonds is 4. The van der Waals surface area contributed by atoms with E-state index < -0.39 is 11.7 Å². The zero-order valence-corrected chi connectivity index (χ0v) is 14.2. The fourth-order valence-corrected chi connectivity index (χ4v) is 2.13. The van der Waals surface area contributed by atoms with Crippen LogP contribution < -0.4 is 11.1 Å². The molecule has 0 aliphatic carbocycles. The van der Waals surface area contributed by atoms with Crippen molar-refractivity contribution in [2.24, 2.45) is 5.73 Å². The summed E-state index contributed by atoms with van der Waals surface area (Å²) in [6.45, 7) is 10.3. The molecule has 0 aliphatic heterocycles. The molecule has 0 unspecified atom stereocenters. The zero-order valence-electron chi connectivity index (χ0n) is 13.4. The number of ether oxygens (including phenoxy) is 1. The van der Waals surface area contributed by atoms with Crippen LogP contribution in [0.5, 0.6) is 0 Å². The molecule has 0 aliphatic rings. The summed E-state index contributed by atoms with van der Waals surface area (Å²) in [5.74, 6) is 0. The average molecular weight is 313 g/mol. The maximum Gasteiger partial charge on any atom is 0.412 e. The van der Waals surface area contributed by atoms with E-state index in [4.69, 9.17) is 22.1 Å². The Morgan fingerprint density at radius 1 is 1.29 bits per heavy atom. The lowest BCUT2D eigenvalue weighted by Crippen LogP contribution is -2.27. The molecule has 0 saturated carbocycles. The molecule has 1 aromatic carbocycles. The topological polar surface area (TPSA) is 64.3 Å². The summed E-state index contributed by atoms with van der Waals surface area (Å²) in [6, 6.07) is 5.61. The number of hydrogen-bond acceptors (Lipinski definition) is 3. The van der Waals surface area contributed by atoms with Crippen molar-refractivity contribution >= 4 is 23.4 Å². The van der Waals surface area contributed by atoms with Gasteiger partial charge in [-0.05, 0) is 56.8 Å². The molecule has 21 heavy (non-hydrogen) atoms. The molecular weight excluding hydrogens is 288 g/mol. The number of hydrogen-bond donors (Lipinski definition) is 2. The first kappa shape index (κ1) is 17.8. The molecule has 1 rings (SSSR count). The lowest BCUT2D eigenvalue weighted by atomic mass is 9.81. The van der Waals surface area contributed by atoms with Gasteiger partial charge in [-0.1, -0.05) is 31.5 Å².